The van der Waals surface area contributed by atoms with E-state index in [0.29, 0.717) is 17.4 Å². The number of piperidine rings is 1. The second-order valence-corrected chi connectivity index (χ2v) is 17.2. The zero-order valence-corrected chi connectivity index (χ0v) is 29.9. The molecule has 2 amide bonds. The van der Waals surface area contributed by atoms with Crippen LogP contribution in [-0.2, 0) is 24.8 Å². The van der Waals surface area contributed by atoms with Crippen molar-refractivity contribution >= 4 is 27.5 Å². The van der Waals surface area contributed by atoms with Gasteiger partial charge in [0.25, 0.3) is 0 Å². The monoisotopic (exact) mass is 697 g/mol. The van der Waals surface area contributed by atoms with E-state index in [0.717, 1.165) is 88.9 Å². The van der Waals surface area contributed by atoms with Crippen LogP contribution >= 0.6 is 0 Å². The number of hydrogen-bond donors (Lipinski definition) is 2. The molecule has 2 aromatic rings. The average molecular weight is 698 g/mol. The van der Waals surface area contributed by atoms with Gasteiger partial charge in [-0.05, 0) is 120 Å². The van der Waals surface area contributed by atoms with Crippen molar-refractivity contribution in [2.45, 2.75) is 66.5 Å². The highest BCUT2D eigenvalue weighted by Crippen LogP contribution is 2.50. The first-order chi connectivity index (χ1) is 23.5. The highest BCUT2D eigenvalue weighted by molar-refractivity contribution is 7.92. The van der Waals surface area contributed by atoms with Crippen molar-refractivity contribution in [2.75, 3.05) is 71.9 Å². The van der Waals surface area contributed by atoms with Crippen LogP contribution in [0.1, 0.15) is 50.5 Å². The molecule has 2 saturated heterocycles. The van der Waals surface area contributed by atoms with Crippen molar-refractivity contribution < 1.29 is 27.1 Å². The van der Waals surface area contributed by atoms with E-state index in [1.165, 1.54) is 13.2 Å². The molecule has 0 unspecified atom stereocenters. The average Bonchev–Trinajstić information content (AvgIpc) is 3.84. The van der Waals surface area contributed by atoms with Gasteiger partial charge in [0.05, 0.1) is 23.8 Å². The first kappa shape index (κ1) is 35.6. The smallest absolute Gasteiger partial charge is 0.407 e. The molecule has 10 nitrogen and oxygen atoms in total. The van der Waals surface area contributed by atoms with E-state index < -0.39 is 21.3 Å². The third kappa shape index (κ3) is 7.91. The van der Waals surface area contributed by atoms with E-state index in [4.69, 9.17) is 4.74 Å². The minimum Gasteiger partial charge on any atom is -0.453 e. The number of carbonyl (C=O) groups excluding carboxylic acids is 2. The van der Waals surface area contributed by atoms with Crippen molar-refractivity contribution in [2.24, 2.45) is 17.8 Å². The number of anilines is 1. The summed E-state index contributed by atoms with van der Waals surface area (Å²) in [5.74, 6) is 0.303. The second-order valence-electron chi connectivity index (χ2n) is 14.9. The predicted octanol–water partition coefficient (Wildman–Crippen LogP) is 4.05. The summed E-state index contributed by atoms with van der Waals surface area (Å²) in [6, 6.07) is 14.1. The fraction of sp³-hybridized carbons (Fsp3) is 0.622. The SMILES string of the molecule is COC(=O)N[C@H]1CCC[C@@H]1[C@](CNC(=O)CN(C)C)(c1cccc(F)c1)C1CCN(CC2CN(c3ccc(S(=O)(=O)C4CC4)cc3)C2)CC1. The van der Waals surface area contributed by atoms with Crippen molar-refractivity contribution in [3.05, 3.63) is 59.9 Å². The molecule has 12 heteroatoms. The number of methoxy groups -OCH3 is 1. The first-order valence-electron chi connectivity index (χ1n) is 17.8. The number of sulfone groups is 1. The molecule has 2 aliphatic carbocycles. The largest absolute Gasteiger partial charge is 0.453 e. The van der Waals surface area contributed by atoms with Gasteiger partial charge in [-0.25, -0.2) is 17.6 Å². The van der Waals surface area contributed by atoms with Gasteiger partial charge in [-0.2, -0.15) is 0 Å². The van der Waals surface area contributed by atoms with Crippen LogP contribution in [0.2, 0.25) is 0 Å². The highest BCUT2D eigenvalue weighted by Gasteiger charge is 2.52. The lowest BCUT2D eigenvalue weighted by molar-refractivity contribution is -0.122. The summed E-state index contributed by atoms with van der Waals surface area (Å²) in [6.45, 7) is 5.29. The number of likely N-dealkylation sites (tertiary alicyclic amines) is 1. The van der Waals surface area contributed by atoms with Gasteiger partial charge in [0.15, 0.2) is 9.84 Å². The zero-order chi connectivity index (χ0) is 34.8. The van der Waals surface area contributed by atoms with Crippen molar-refractivity contribution in [3.63, 3.8) is 0 Å². The number of carbonyl (C=O) groups is 2. The molecule has 2 N–H and O–H groups in total. The maximum absolute atomic E-state index is 15.0. The van der Waals surface area contributed by atoms with Crippen LogP contribution in [-0.4, -0.2) is 109 Å². The molecule has 0 aromatic heterocycles. The minimum atomic E-state index is -3.18. The van der Waals surface area contributed by atoms with E-state index in [1.54, 1.807) is 24.3 Å². The lowest BCUT2D eigenvalue weighted by Gasteiger charge is -2.51. The van der Waals surface area contributed by atoms with Crippen molar-refractivity contribution in [1.82, 2.24) is 20.4 Å². The van der Waals surface area contributed by atoms with E-state index in [-0.39, 0.29) is 41.4 Å². The van der Waals surface area contributed by atoms with Gasteiger partial charge in [0.1, 0.15) is 5.82 Å². The summed E-state index contributed by atoms with van der Waals surface area (Å²) >= 11 is 0. The summed E-state index contributed by atoms with van der Waals surface area (Å²) in [4.78, 5) is 32.7. The summed E-state index contributed by atoms with van der Waals surface area (Å²) in [5.41, 5.74) is 1.36. The van der Waals surface area contributed by atoms with Crippen LogP contribution in [0.5, 0.6) is 0 Å². The van der Waals surface area contributed by atoms with Crippen LogP contribution in [0.4, 0.5) is 14.9 Å². The van der Waals surface area contributed by atoms with Gasteiger partial charge in [-0.1, -0.05) is 18.6 Å². The molecule has 0 spiro atoms. The minimum absolute atomic E-state index is 0.00422. The third-order valence-corrected chi connectivity index (χ3v) is 13.6. The van der Waals surface area contributed by atoms with Crippen molar-refractivity contribution in [1.29, 1.82) is 0 Å². The Balaban J connectivity index is 1.15. The molecule has 6 rings (SSSR count). The molecule has 0 bridgehead atoms. The lowest BCUT2D eigenvalue weighted by Crippen LogP contribution is -2.59. The lowest BCUT2D eigenvalue weighted by atomic mass is 9.58. The Hall–Kier alpha value is -3.22. The number of benzene rings is 2. The summed E-state index contributed by atoms with van der Waals surface area (Å²) < 4.78 is 45.1. The van der Waals surface area contributed by atoms with E-state index >= 15 is 0 Å². The first-order valence-corrected chi connectivity index (χ1v) is 19.4. The molecule has 49 heavy (non-hydrogen) atoms. The highest BCUT2D eigenvalue weighted by atomic mass is 32.2. The number of ether oxygens (including phenoxy) is 1. The molecule has 4 aliphatic rings. The number of likely N-dealkylation sites (N-methyl/N-ethyl adjacent to an activating group) is 1. The standard InChI is InChI=1S/C37H52FN5O5S/c1-41(2)24-35(44)39-25-37(28-6-4-7-29(38)20-28,33-8-5-9-34(33)40-36(45)48-3)27-16-18-42(19-17-27)21-26-22-43(23-26)30-10-12-31(13-11-30)49(46,47)32-14-15-32/h4,6-7,10-13,20,26-27,32-34H,5,8-9,14-19,21-25H2,1-3H3,(H,39,44)(H,40,45)/t33-,34-,37-/m0/s1. The molecule has 3 atom stereocenters. The maximum atomic E-state index is 15.0. The van der Waals surface area contributed by atoms with E-state index in [1.807, 2.05) is 37.2 Å². The van der Waals surface area contributed by atoms with Gasteiger partial charge >= 0.3 is 6.09 Å². The van der Waals surface area contributed by atoms with E-state index in [2.05, 4.69) is 20.4 Å². The Morgan fingerprint density at radius 1 is 1.00 bits per heavy atom. The number of hydrogen-bond acceptors (Lipinski definition) is 8. The van der Waals surface area contributed by atoms with Crippen LogP contribution in [0.25, 0.3) is 0 Å². The van der Waals surface area contributed by atoms with Crippen molar-refractivity contribution in [3.8, 4) is 0 Å². The normalized spacial score (nSPS) is 23.6. The Labute approximate surface area is 290 Å². The molecular formula is C37H52FN5O5S. The van der Waals surface area contributed by atoms with Gasteiger partial charge < -0.3 is 30.1 Å². The molecule has 4 fully saturated rings. The summed E-state index contributed by atoms with van der Waals surface area (Å²) in [5, 5.41) is 6.13. The fourth-order valence-corrected chi connectivity index (χ4v) is 10.4. The zero-order valence-electron chi connectivity index (χ0n) is 29.1. The summed E-state index contributed by atoms with van der Waals surface area (Å²) in [7, 11) is 1.92. The predicted molar refractivity (Wildman–Crippen MR) is 188 cm³/mol. The van der Waals surface area contributed by atoms with Gasteiger partial charge in [0.2, 0.25) is 5.91 Å². The molecular weight excluding hydrogens is 646 g/mol. The Morgan fingerprint density at radius 2 is 1.71 bits per heavy atom. The number of halogens is 1. The number of rotatable bonds is 13. The third-order valence-electron chi connectivity index (χ3n) is 11.3. The summed E-state index contributed by atoms with van der Waals surface area (Å²) in [6.07, 6.45) is 5.45. The fourth-order valence-electron chi connectivity index (χ4n) is 8.77. The topological polar surface area (TPSA) is 111 Å². The number of alkyl carbamates (subject to hydrolysis) is 1. The van der Waals surface area contributed by atoms with Gasteiger partial charge in [-0.3, -0.25) is 4.79 Å². The Morgan fingerprint density at radius 3 is 2.35 bits per heavy atom. The molecule has 0 radical (unpaired) electrons. The molecule has 2 aromatic carbocycles. The molecule has 268 valence electrons. The number of amides is 2. The molecule has 2 aliphatic heterocycles. The number of nitrogens with one attached hydrogen (secondary N) is 2. The van der Waals surface area contributed by atoms with E-state index in [9.17, 15) is 22.4 Å². The Bertz CT molecular complexity index is 1570. The maximum Gasteiger partial charge on any atom is 0.407 e. The molecule has 2 heterocycles. The van der Waals surface area contributed by atoms with Crippen LogP contribution in [0, 0.1) is 23.6 Å². The van der Waals surface area contributed by atoms with Gasteiger partial charge in [0, 0.05) is 49.2 Å². The quantitative estimate of drug-likeness (QED) is 0.323. The number of nitrogens with zero attached hydrogens (tertiary/aromatic N) is 3. The Kier molecular flexibility index (Phi) is 10.9. The van der Waals surface area contributed by atoms with Crippen LogP contribution in [0.15, 0.2) is 53.4 Å². The van der Waals surface area contributed by atoms with Crippen LogP contribution in [0.3, 0.4) is 0 Å². The van der Waals surface area contributed by atoms with Gasteiger partial charge in [-0.15, -0.1) is 0 Å². The molecule has 2 saturated carbocycles. The van der Waals surface area contributed by atoms with Crippen LogP contribution < -0.4 is 15.5 Å². The second kappa shape index (κ2) is 14.9.